The largest absolute Gasteiger partial charge is 0.434 e. The van der Waals surface area contributed by atoms with Gasteiger partial charge in [-0.3, -0.25) is 0 Å². The lowest BCUT2D eigenvalue weighted by atomic mass is 10.0. The Morgan fingerprint density at radius 1 is 1.15 bits per heavy atom. The number of alkyl halides is 2. The topological polar surface area (TPSA) is 30.5 Å². The first kappa shape index (κ1) is 13.8. The number of ether oxygens (including phenoxy) is 2. The summed E-state index contributed by atoms with van der Waals surface area (Å²) < 4.78 is 35.1. The average Bonchev–Trinajstić information content (AvgIpc) is 2.76. The van der Waals surface area contributed by atoms with Crippen LogP contribution in [0.25, 0.3) is 0 Å². The van der Waals surface area contributed by atoms with E-state index in [4.69, 9.17) is 4.74 Å². The van der Waals surface area contributed by atoms with Crippen molar-refractivity contribution in [3.05, 3.63) is 29.8 Å². The van der Waals surface area contributed by atoms with Crippen LogP contribution in [0.2, 0.25) is 0 Å². The Bertz CT molecular complexity index is 443. The van der Waals surface area contributed by atoms with Crippen molar-refractivity contribution in [2.24, 2.45) is 0 Å². The van der Waals surface area contributed by atoms with Crippen molar-refractivity contribution in [3.8, 4) is 5.75 Å². The van der Waals surface area contributed by atoms with Crippen molar-refractivity contribution in [2.75, 3.05) is 0 Å². The minimum atomic E-state index is -2.80. The third-order valence-corrected chi connectivity index (χ3v) is 4.09. The maximum absolute atomic E-state index is 12.3. The number of nitrogens with one attached hydrogen (secondary N) is 1. The summed E-state index contributed by atoms with van der Waals surface area (Å²) in [6.45, 7) is -2.47. The molecule has 0 aliphatic carbocycles. The average molecular weight is 283 g/mol. The number of halogens is 2. The summed E-state index contributed by atoms with van der Waals surface area (Å²) in [7, 11) is 0. The van der Waals surface area contributed by atoms with Crippen molar-refractivity contribution in [1.29, 1.82) is 0 Å². The molecule has 0 spiro atoms. The van der Waals surface area contributed by atoms with Gasteiger partial charge in [-0.25, -0.2) is 0 Å². The lowest BCUT2D eigenvalue weighted by molar-refractivity contribution is -0.0526. The number of benzene rings is 1. The van der Waals surface area contributed by atoms with E-state index in [-0.39, 0.29) is 11.9 Å². The molecule has 1 aromatic carbocycles. The fourth-order valence-electron chi connectivity index (χ4n) is 3.18. The lowest BCUT2D eigenvalue weighted by Gasteiger charge is -2.29. The van der Waals surface area contributed by atoms with E-state index in [1.165, 1.54) is 12.8 Å². The fourth-order valence-corrected chi connectivity index (χ4v) is 3.18. The van der Waals surface area contributed by atoms with Gasteiger partial charge < -0.3 is 14.8 Å². The maximum atomic E-state index is 12.3. The van der Waals surface area contributed by atoms with Crippen LogP contribution in [0.1, 0.15) is 31.2 Å². The zero-order valence-corrected chi connectivity index (χ0v) is 11.2. The van der Waals surface area contributed by atoms with Gasteiger partial charge in [-0.2, -0.15) is 8.78 Å². The first-order chi connectivity index (χ1) is 9.70. The first-order valence-electron chi connectivity index (χ1n) is 7.11. The second-order valence-corrected chi connectivity index (χ2v) is 5.53. The Morgan fingerprint density at radius 2 is 1.85 bits per heavy atom. The second-order valence-electron chi connectivity index (χ2n) is 5.53. The molecule has 3 nitrogen and oxygen atoms in total. The van der Waals surface area contributed by atoms with Gasteiger partial charge in [0.25, 0.3) is 0 Å². The van der Waals surface area contributed by atoms with Crippen LogP contribution in [0.5, 0.6) is 5.75 Å². The third kappa shape index (κ3) is 3.27. The van der Waals surface area contributed by atoms with Gasteiger partial charge in [0.05, 0.1) is 12.7 Å². The molecule has 20 heavy (non-hydrogen) atoms. The molecule has 2 atom stereocenters. The summed E-state index contributed by atoms with van der Waals surface area (Å²) in [5, 5.41) is 3.55. The molecule has 0 saturated carbocycles. The molecule has 2 heterocycles. The van der Waals surface area contributed by atoms with Crippen molar-refractivity contribution in [2.45, 2.75) is 57.1 Å². The zero-order chi connectivity index (χ0) is 13.9. The minimum absolute atomic E-state index is 0.208. The number of para-hydroxylation sites is 1. The van der Waals surface area contributed by atoms with E-state index < -0.39 is 6.61 Å². The maximum Gasteiger partial charge on any atom is 0.387 e. The van der Waals surface area contributed by atoms with Crippen molar-refractivity contribution in [1.82, 2.24) is 5.32 Å². The lowest BCUT2D eigenvalue weighted by Crippen LogP contribution is -2.41. The molecule has 1 N–H and O–H groups in total. The standard InChI is InChI=1S/C15H19F2NO2/c16-15(17)20-14-4-2-1-3-10(14)9-19-13-7-11-5-6-12(8-13)18-11/h1-4,11-13,15,18H,5-9H2. The van der Waals surface area contributed by atoms with E-state index in [9.17, 15) is 8.78 Å². The van der Waals surface area contributed by atoms with Crippen LogP contribution >= 0.6 is 0 Å². The molecule has 110 valence electrons. The van der Waals surface area contributed by atoms with Crippen LogP contribution in [-0.4, -0.2) is 24.8 Å². The smallest absolute Gasteiger partial charge is 0.387 e. The first-order valence-corrected chi connectivity index (χ1v) is 7.11. The molecule has 0 amide bonds. The zero-order valence-electron chi connectivity index (χ0n) is 11.2. The van der Waals surface area contributed by atoms with Gasteiger partial charge in [0.2, 0.25) is 0 Å². The van der Waals surface area contributed by atoms with Gasteiger partial charge in [-0.05, 0) is 31.7 Å². The van der Waals surface area contributed by atoms with Crippen LogP contribution < -0.4 is 10.1 Å². The number of hydrogen-bond acceptors (Lipinski definition) is 3. The van der Waals surface area contributed by atoms with E-state index in [2.05, 4.69) is 10.1 Å². The van der Waals surface area contributed by atoms with Gasteiger partial charge in [-0.15, -0.1) is 0 Å². The van der Waals surface area contributed by atoms with Crippen LogP contribution in [0.4, 0.5) is 8.78 Å². The van der Waals surface area contributed by atoms with Gasteiger partial charge in [-0.1, -0.05) is 18.2 Å². The highest BCUT2D eigenvalue weighted by molar-refractivity contribution is 5.32. The van der Waals surface area contributed by atoms with Crippen LogP contribution in [-0.2, 0) is 11.3 Å². The molecule has 3 rings (SSSR count). The Hall–Kier alpha value is -1.20. The Kier molecular flexibility index (Phi) is 4.17. The summed E-state index contributed by atoms with van der Waals surface area (Å²) >= 11 is 0. The quantitative estimate of drug-likeness (QED) is 0.900. The SMILES string of the molecule is FC(F)Oc1ccccc1COC1CC2CCC(C1)N2. The van der Waals surface area contributed by atoms with Crippen molar-refractivity contribution in [3.63, 3.8) is 0 Å². The van der Waals surface area contributed by atoms with E-state index in [0.717, 1.165) is 12.8 Å². The molecule has 2 saturated heterocycles. The number of rotatable bonds is 5. The summed E-state index contributed by atoms with van der Waals surface area (Å²) in [5.41, 5.74) is 0.679. The monoisotopic (exact) mass is 283 g/mol. The van der Waals surface area contributed by atoms with E-state index >= 15 is 0 Å². The van der Waals surface area contributed by atoms with E-state index in [0.29, 0.717) is 24.3 Å². The van der Waals surface area contributed by atoms with Gasteiger partial charge in [0.1, 0.15) is 5.75 Å². The summed E-state index contributed by atoms with van der Waals surface area (Å²) in [4.78, 5) is 0. The highest BCUT2D eigenvalue weighted by atomic mass is 19.3. The fraction of sp³-hybridized carbons (Fsp3) is 0.600. The van der Waals surface area contributed by atoms with Gasteiger partial charge >= 0.3 is 6.61 Å². The highest BCUT2D eigenvalue weighted by Gasteiger charge is 2.33. The summed E-state index contributed by atoms with van der Waals surface area (Å²) in [5.74, 6) is 0.208. The molecule has 2 bridgehead atoms. The van der Waals surface area contributed by atoms with Crippen LogP contribution in [0.3, 0.4) is 0 Å². The summed E-state index contributed by atoms with van der Waals surface area (Å²) in [6, 6.07) is 7.94. The number of fused-ring (bicyclic) bond motifs is 2. The van der Waals surface area contributed by atoms with Crippen LogP contribution in [0.15, 0.2) is 24.3 Å². The number of piperidine rings is 1. The van der Waals surface area contributed by atoms with E-state index in [1.807, 2.05) is 6.07 Å². The minimum Gasteiger partial charge on any atom is -0.434 e. The third-order valence-electron chi connectivity index (χ3n) is 4.09. The molecular formula is C15H19F2NO2. The molecule has 5 heteroatoms. The second kappa shape index (κ2) is 6.06. The Balaban J connectivity index is 1.58. The molecular weight excluding hydrogens is 264 g/mol. The molecule has 2 aliphatic rings. The van der Waals surface area contributed by atoms with Crippen molar-refractivity contribution >= 4 is 0 Å². The molecule has 0 aromatic heterocycles. The predicted octanol–water partition coefficient (Wildman–Crippen LogP) is 3.09. The Labute approximate surface area is 117 Å². The molecule has 0 radical (unpaired) electrons. The molecule has 2 fully saturated rings. The molecule has 2 unspecified atom stereocenters. The molecule has 1 aromatic rings. The normalized spacial score (nSPS) is 28.9. The number of hydrogen-bond donors (Lipinski definition) is 1. The van der Waals surface area contributed by atoms with Crippen molar-refractivity contribution < 1.29 is 18.3 Å². The Morgan fingerprint density at radius 3 is 2.55 bits per heavy atom. The molecule has 2 aliphatic heterocycles. The summed E-state index contributed by atoms with van der Waals surface area (Å²) in [6.07, 6.45) is 4.67. The van der Waals surface area contributed by atoms with Gasteiger partial charge in [0, 0.05) is 17.6 Å². The van der Waals surface area contributed by atoms with Gasteiger partial charge in [0.15, 0.2) is 0 Å². The predicted molar refractivity (Wildman–Crippen MR) is 70.8 cm³/mol. The van der Waals surface area contributed by atoms with E-state index in [1.54, 1.807) is 18.2 Å². The van der Waals surface area contributed by atoms with Crippen LogP contribution in [0, 0.1) is 0 Å². The highest BCUT2D eigenvalue weighted by Crippen LogP contribution is 2.30.